The Kier molecular flexibility index (Phi) is 6.17. The summed E-state index contributed by atoms with van der Waals surface area (Å²) in [6.45, 7) is 2.03. The third kappa shape index (κ3) is 4.93. The zero-order valence-corrected chi connectivity index (χ0v) is 11.8. The first-order valence-electron chi connectivity index (χ1n) is 4.94. The van der Waals surface area contributed by atoms with Crippen molar-refractivity contribution in [2.45, 2.75) is 24.7 Å². The number of rotatable bonds is 5. The van der Waals surface area contributed by atoms with Crippen LogP contribution in [0.2, 0.25) is 0 Å². The van der Waals surface area contributed by atoms with Crippen molar-refractivity contribution in [1.82, 2.24) is 0 Å². The van der Waals surface area contributed by atoms with Gasteiger partial charge in [-0.1, -0.05) is 46.4 Å². The average molecular weight is 334 g/mol. The molecule has 0 bridgehead atoms. The number of unbranched alkanes of at least 4 members (excludes halogenated alkanes) is 1. The smallest absolute Gasteiger partial charge is 0.0772 e. The first kappa shape index (κ1) is 12.9. The lowest BCUT2D eigenvalue weighted by Crippen LogP contribution is -1.86. The molecule has 0 spiro atoms. The van der Waals surface area contributed by atoms with Crippen molar-refractivity contribution in [1.29, 1.82) is 0 Å². The van der Waals surface area contributed by atoms with Crippen molar-refractivity contribution < 1.29 is 4.21 Å². The van der Waals surface area contributed by atoms with Gasteiger partial charge in [-0.25, -0.2) is 4.21 Å². The first-order chi connectivity index (χ1) is 7.24. The molecule has 1 nitrogen and oxygen atoms in total. The SMILES string of the molecule is Cc1ccc([S@](=O)/C=C/CCCI)cc1. The van der Waals surface area contributed by atoms with Crippen LogP contribution in [0, 0.1) is 6.92 Å². The molecule has 1 aromatic rings. The van der Waals surface area contributed by atoms with Gasteiger partial charge in [0.15, 0.2) is 0 Å². The van der Waals surface area contributed by atoms with Crippen LogP contribution in [0.3, 0.4) is 0 Å². The minimum Gasteiger partial charge on any atom is -0.250 e. The molecule has 0 fully saturated rings. The molecule has 0 unspecified atom stereocenters. The molecule has 0 amide bonds. The summed E-state index contributed by atoms with van der Waals surface area (Å²) in [5.74, 6) is 0. The third-order valence-electron chi connectivity index (χ3n) is 1.98. The fourth-order valence-corrected chi connectivity index (χ4v) is 2.41. The lowest BCUT2D eigenvalue weighted by atomic mass is 10.2. The number of halogens is 1. The van der Waals surface area contributed by atoms with Crippen molar-refractivity contribution in [3.63, 3.8) is 0 Å². The molecule has 0 saturated heterocycles. The molecular formula is C12H15IOS. The molecule has 0 N–H and O–H groups in total. The van der Waals surface area contributed by atoms with E-state index in [1.165, 1.54) is 5.56 Å². The van der Waals surface area contributed by atoms with Crippen molar-refractivity contribution in [3.05, 3.63) is 41.3 Å². The molecule has 0 saturated carbocycles. The number of aryl methyl sites for hydroxylation is 1. The second-order valence-corrected chi connectivity index (χ2v) is 5.73. The van der Waals surface area contributed by atoms with Crippen LogP contribution in [0.1, 0.15) is 18.4 Å². The van der Waals surface area contributed by atoms with Gasteiger partial charge in [0.1, 0.15) is 0 Å². The number of hydrogen-bond donors (Lipinski definition) is 0. The maximum absolute atomic E-state index is 11.7. The Morgan fingerprint density at radius 2 is 2.00 bits per heavy atom. The summed E-state index contributed by atoms with van der Waals surface area (Å²) in [7, 11) is -0.978. The summed E-state index contributed by atoms with van der Waals surface area (Å²) >= 11 is 2.35. The summed E-state index contributed by atoms with van der Waals surface area (Å²) < 4.78 is 12.9. The average Bonchev–Trinajstić information content (AvgIpc) is 2.25. The van der Waals surface area contributed by atoms with E-state index in [1.807, 2.05) is 37.3 Å². The van der Waals surface area contributed by atoms with Crippen LogP contribution in [-0.2, 0) is 10.8 Å². The molecule has 0 aliphatic carbocycles. The van der Waals surface area contributed by atoms with E-state index in [9.17, 15) is 4.21 Å². The molecule has 0 radical (unpaired) electrons. The summed E-state index contributed by atoms with van der Waals surface area (Å²) in [4.78, 5) is 0.881. The van der Waals surface area contributed by atoms with Gasteiger partial charge < -0.3 is 0 Å². The van der Waals surface area contributed by atoms with E-state index in [2.05, 4.69) is 22.6 Å². The Morgan fingerprint density at radius 3 is 2.60 bits per heavy atom. The van der Waals surface area contributed by atoms with E-state index in [0.29, 0.717) is 0 Å². The van der Waals surface area contributed by atoms with Gasteiger partial charge in [-0.15, -0.1) is 0 Å². The molecule has 0 aliphatic rings. The van der Waals surface area contributed by atoms with E-state index < -0.39 is 10.8 Å². The van der Waals surface area contributed by atoms with E-state index in [0.717, 1.165) is 22.2 Å². The Balaban J connectivity index is 2.53. The zero-order valence-electron chi connectivity index (χ0n) is 8.78. The van der Waals surface area contributed by atoms with Gasteiger partial charge in [0.05, 0.1) is 10.8 Å². The van der Waals surface area contributed by atoms with E-state index >= 15 is 0 Å². The second-order valence-electron chi connectivity index (χ2n) is 3.31. The Morgan fingerprint density at radius 1 is 1.33 bits per heavy atom. The minimum absolute atomic E-state index is 0.881. The normalized spacial score (nSPS) is 13.2. The van der Waals surface area contributed by atoms with Crippen molar-refractivity contribution >= 4 is 33.4 Å². The van der Waals surface area contributed by atoms with Crippen molar-refractivity contribution in [2.24, 2.45) is 0 Å². The van der Waals surface area contributed by atoms with Crippen LogP contribution in [0.15, 0.2) is 40.6 Å². The standard InChI is InChI=1S/C12H15IOS/c1-11-5-7-12(8-6-11)15(14)10-4-2-3-9-13/h4-8,10H,2-3,9H2,1H3/b10-4+/t15-/m1/s1. The maximum Gasteiger partial charge on any atom is 0.0772 e. The van der Waals surface area contributed by atoms with Crippen LogP contribution < -0.4 is 0 Å². The van der Waals surface area contributed by atoms with Crippen molar-refractivity contribution in [3.8, 4) is 0 Å². The highest BCUT2D eigenvalue weighted by molar-refractivity contribution is 14.1. The highest BCUT2D eigenvalue weighted by atomic mass is 127. The molecule has 0 aliphatic heterocycles. The summed E-state index contributed by atoms with van der Waals surface area (Å²) in [5.41, 5.74) is 1.20. The number of alkyl halides is 1. The molecular weight excluding hydrogens is 319 g/mol. The molecule has 15 heavy (non-hydrogen) atoms. The van der Waals surface area contributed by atoms with E-state index in [1.54, 1.807) is 5.41 Å². The molecule has 1 rings (SSSR count). The van der Waals surface area contributed by atoms with Gasteiger partial charge >= 0.3 is 0 Å². The molecule has 0 aromatic heterocycles. The first-order valence-corrected chi connectivity index (χ1v) is 7.68. The minimum atomic E-state index is -0.978. The second kappa shape index (κ2) is 7.17. The third-order valence-corrected chi connectivity index (χ3v) is 3.92. The fourth-order valence-electron chi connectivity index (χ4n) is 1.10. The Hall–Kier alpha value is -0.160. The predicted octanol–water partition coefficient (Wildman–Crippen LogP) is 3.83. The number of hydrogen-bond acceptors (Lipinski definition) is 1. The Bertz CT molecular complexity index is 343. The maximum atomic E-state index is 11.7. The summed E-state index contributed by atoms with van der Waals surface area (Å²) in [5, 5.41) is 1.79. The zero-order chi connectivity index (χ0) is 11.1. The monoisotopic (exact) mass is 334 g/mol. The van der Waals surface area contributed by atoms with Gasteiger partial charge in [0, 0.05) is 10.3 Å². The number of allylic oxidation sites excluding steroid dienone is 1. The van der Waals surface area contributed by atoms with Gasteiger partial charge in [0.25, 0.3) is 0 Å². The van der Waals surface area contributed by atoms with Gasteiger partial charge in [0.2, 0.25) is 0 Å². The highest BCUT2D eigenvalue weighted by Crippen LogP contribution is 2.09. The van der Waals surface area contributed by atoms with Crippen LogP contribution >= 0.6 is 22.6 Å². The lowest BCUT2D eigenvalue weighted by Gasteiger charge is -1.97. The molecule has 1 atom stereocenters. The largest absolute Gasteiger partial charge is 0.250 e. The van der Waals surface area contributed by atoms with Crippen molar-refractivity contribution in [2.75, 3.05) is 4.43 Å². The van der Waals surface area contributed by atoms with E-state index in [-0.39, 0.29) is 0 Å². The van der Waals surface area contributed by atoms with Crippen LogP contribution in [0.25, 0.3) is 0 Å². The summed E-state index contributed by atoms with van der Waals surface area (Å²) in [6.07, 6.45) is 4.18. The number of benzene rings is 1. The summed E-state index contributed by atoms with van der Waals surface area (Å²) in [6, 6.07) is 7.83. The quantitative estimate of drug-likeness (QED) is 0.454. The van der Waals surface area contributed by atoms with Gasteiger partial charge in [-0.3, -0.25) is 0 Å². The van der Waals surface area contributed by atoms with Crippen LogP contribution in [0.4, 0.5) is 0 Å². The van der Waals surface area contributed by atoms with Crippen LogP contribution in [0.5, 0.6) is 0 Å². The topological polar surface area (TPSA) is 17.1 Å². The molecule has 3 heteroatoms. The van der Waals surface area contributed by atoms with Gasteiger partial charge in [-0.2, -0.15) is 0 Å². The van der Waals surface area contributed by atoms with Gasteiger partial charge in [-0.05, 0) is 36.3 Å². The van der Waals surface area contributed by atoms with Crippen LogP contribution in [-0.4, -0.2) is 8.64 Å². The molecule has 0 heterocycles. The highest BCUT2D eigenvalue weighted by Gasteiger charge is 1.97. The lowest BCUT2D eigenvalue weighted by molar-refractivity contribution is 0.688. The van der Waals surface area contributed by atoms with E-state index in [4.69, 9.17) is 0 Å². The fraction of sp³-hybridized carbons (Fsp3) is 0.333. The Labute approximate surface area is 108 Å². The predicted molar refractivity (Wildman–Crippen MR) is 74.8 cm³/mol. The molecule has 1 aromatic carbocycles. The molecule has 82 valence electrons.